The number of hydrogen-bond acceptors (Lipinski definition) is 1. The van der Waals surface area contributed by atoms with Crippen LogP contribution in [-0.4, -0.2) is 49.8 Å². The molecule has 0 aliphatic rings. The van der Waals surface area contributed by atoms with Gasteiger partial charge in [0.25, 0.3) is 0 Å². The van der Waals surface area contributed by atoms with E-state index in [9.17, 15) is 0 Å². The molecule has 0 saturated carbocycles. The van der Waals surface area contributed by atoms with Crippen LogP contribution in [0.1, 0.15) is 6.92 Å². The standard InChI is InChI=1S/C2H7N.Ca.H2O.2H/c1-2-3;;;;/h2-3H2,1H3;;1H2;;. The molecule has 32 valence electrons. The zero-order valence-electron chi connectivity index (χ0n) is 2.78. The average Bonchev–Trinajstić information content (AvgIpc) is 0.918. The Hall–Kier alpha value is 1.18. The summed E-state index contributed by atoms with van der Waals surface area (Å²) in [7, 11) is 0. The monoisotopic (exact) mass is 105 g/mol. The first-order chi connectivity index (χ1) is 1.41. The Morgan fingerprint density at radius 2 is 1.60 bits per heavy atom. The quantitative estimate of drug-likeness (QED) is 0.364. The van der Waals surface area contributed by atoms with Gasteiger partial charge in [0.15, 0.2) is 0 Å². The molecule has 2 nitrogen and oxygen atoms in total. The van der Waals surface area contributed by atoms with E-state index in [1.165, 1.54) is 0 Å². The molecule has 0 rings (SSSR count). The van der Waals surface area contributed by atoms with Gasteiger partial charge >= 0.3 is 37.7 Å². The molecule has 0 unspecified atom stereocenters. The predicted octanol–water partition coefficient (Wildman–Crippen LogP) is -1.78. The molecule has 0 aliphatic heterocycles. The van der Waals surface area contributed by atoms with E-state index in [0.29, 0.717) is 0 Å². The van der Waals surface area contributed by atoms with Crippen LogP contribution in [-0.2, 0) is 0 Å². The molecule has 0 saturated heterocycles. The van der Waals surface area contributed by atoms with Crippen LogP contribution in [0.15, 0.2) is 0 Å². The third kappa shape index (κ3) is 37.6. The predicted molar refractivity (Wildman–Crippen MR) is 26.9 cm³/mol. The van der Waals surface area contributed by atoms with E-state index in [1.54, 1.807) is 0 Å². The van der Waals surface area contributed by atoms with Crippen molar-refractivity contribution in [3.05, 3.63) is 0 Å². The van der Waals surface area contributed by atoms with Crippen molar-refractivity contribution in [3.63, 3.8) is 0 Å². The van der Waals surface area contributed by atoms with E-state index in [1.807, 2.05) is 6.92 Å². The van der Waals surface area contributed by atoms with Crippen molar-refractivity contribution in [2.75, 3.05) is 6.54 Å². The van der Waals surface area contributed by atoms with Crippen LogP contribution in [0.2, 0.25) is 0 Å². The maximum absolute atomic E-state index is 4.85. The minimum atomic E-state index is 0. The van der Waals surface area contributed by atoms with Gasteiger partial charge in [0.05, 0.1) is 0 Å². The zero-order valence-corrected chi connectivity index (χ0v) is 2.78. The van der Waals surface area contributed by atoms with E-state index in [-0.39, 0.29) is 43.2 Å². The molecular weight excluding hydrogens is 94.1 g/mol. The second kappa shape index (κ2) is 19.0. The van der Waals surface area contributed by atoms with Gasteiger partial charge in [0, 0.05) is 0 Å². The van der Waals surface area contributed by atoms with E-state index >= 15 is 0 Å². The molecule has 0 fully saturated rings. The molecule has 0 spiro atoms. The molecule has 0 aromatic rings. The number of rotatable bonds is 0. The Bertz CT molecular complexity index is 9.61. The first-order valence-corrected chi connectivity index (χ1v) is 1.12. The zero-order chi connectivity index (χ0) is 2.71. The fourth-order valence-corrected chi connectivity index (χ4v) is 0. The minimum absolute atomic E-state index is 0. The van der Waals surface area contributed by atoms with E-state index in [0.717, 1.165) is 6.54 Å². The van der Waals surface area contributed by atoms with Crippen LogP contribution in [0.5, 0.6) is 0 Å². The molecule has 0 aromatic carbocycles. The summed E-state index contributed by atoms with van der Waals surface area (Å²) in [6.45, 7) is 2.65. The SMILES string of the molecule is CCN.O.[CaH2]. The molecule has 5 heavy (non-hydrogen) atoms. The van der Waals surface area contributed by atoms with E-state index in [4.69, 9.17) is 5.73 Å². The molecule has 0 atom stereocenters. The van der Waals surface area contributed by atoms with Crippen molar-refractivity contribution in [3.8, 4) is 0 Å². The number of hydrogen-bond donors (Lipinski definition) is 1. The van der Waals surface area contributed by atoms with Gasteiger partial charge in [-0.25, -0.2) is 0 Å². The summed E-state index contributed by atoms with van der Waals surface area (Å²) in [5.41, 5.74) is 4.85. The Morgan fingerprint density at radius 3 is 1.60 bits per heavy atom. The van der Waals surface area contributed by atoms with Gasteiger partial charge in [0.2, 0.25) is 0 Å². The summed E-state index contributed by atoms with van der Waals surface area (Å²) in [5.74, 6) is 0. The Morgan fingerprint density at radius 1 is 1.60 bits per heavy atom. The Kier molecular flexibility index (Phi) is 62.5. The van der Waals surface area contributed by atoms with Crippen molar-refractivity contribution in [2.45, 2.75) is 6.92 Å². The van der Waals surface area contributed by atoms with Crippen molar-refractivity contribution in [1.29, 1.82) is 0 Å². The summed E-state index contributed by atoms with van der Waals surface area (Å²) in [5, 5.41) is 0. The Balaban J connectivity index is -0.0000000200. The molecule has 0 aromatic heterocycles. The average molecular weight is 105 g/mol. The molecule has 0 amide bonds. The maximum atomic E-state index is 4.85. The van der Waals surface area contributed by atoms with Gasteiger partial charge in [-0.2, -0.15) is 0 Å². The van der Waals surface area contributed by atoms with Crippen molar-refractivity contribution < 1.29 is 5.48 Å². The van der Waals surface area contributed by atoms with E-state index < -0.39 is 0 Å². The third-order valence-electron chi connectivity index (χ3n) is 0. The second-order valence-electron chi connectivity index (χ2n) is 0.408. The summed E-state index contributed by atoms with van der Waals surface area (Å²) < 4.78 is 0. The molecule has 0 aliphatic carbocycles. The summed E-state index contributed by atoms with van der Waals surface area (Å²) in [6, 6.07) is 0. The summed E-state index contributed by atoms with van der Waals surface area (Å²) >= 11 is 0. The van der Waals surface area contributed by atoms with Gasteiger partial charge < -0.3 is 11.2 Å². The van der Waals surface area contributed by atoms with Gasteiger partial charge in [-0.3, -0.25) is 0 Å². The molecule has 0 bridgehead atoms. The number of nitrogens with two attached hydrogens (primary N) is 1. The fraction of sp³-hybridized carbons (Fsp3) is 1.00. The van der Waals surface area contributed by atoms with Gasteiger partial charge in [-0.15, -0.1) is 0 Å². The van der Waals surface area contributed by atoms with Crippen LogP contribution in [0.4, 0.5) is 0 Å². The summed E-state index contributed by atoms with van der Waals surface area (Å²) in [6.07, 6.45) is 0. The van der Waals surface area contributed by atoms with E-state index in [2.05, 4.69) is 0 Å². The van der Waals surface area contributed by atoms with Crippen molar-refractivity contribution in [1.82, 2.24) is 0 Å². The molecular formula is C2H11CaNO. The Labute approximate surface area is 62.0 Å². The molecule has 4 N–H and O–H groups in total. The fourth-order valence-electron chi connectivity index (χ4n) is 0. The van der Waals surface area contributed by atoms with Crippen LogP contribution in [0.3, 0.4) is 0 Å². The van der Waals surface area contributed by atoms with Crippen LogP contribution in [0.25, 0.3) is 0 Å². The topological polar surface area (TPSA) is 57.5 Å². The van der Waals surface area contributed by atoms with Crippen LogP contribution < -0.4 is 5.73 Å². The normalized spacial score (nSPS) is 3.60. The van der Waals surface area contributed by atoms with Crippen molar-refractivity contribution >= 4 is 37.7 Å². The van der Waals surface area contributed by atoms with Crippen LogP contribution in [0, 0.1) is 0 Å². The second-order valence-corrected chi connectivity index (χ2v) is 0.408. The molecule has 3 heteroatoms. The van der Waals surface area contributed by atoms with Crippen LogP contribution >= 0.6 is 0 Å². The van der Waals surface area contributed by atoms with Gasteiger partial charge in [-0.1, -0.05) is 6.92 Å². The first kappa shape index (κ1) is 16.4. The van der Waals surface area contributed by atoms with Gasteiger partial charge in [-0.05, 0) is 6.54 Å². The van der Waals surface area contributed by atoms with Crippen molar-refractivity contribution in [2.24, 2.45) is 5.73 Å². The summed E-state index contributed by atoms with van der Waals surface area (Å²) in [4.78, 5) is 0. The van der Waals surface area contributed by atoms with Gasteiger partial charge in [0.1, 0.15) is 0 Å². The molecule has 0 radical (unpaired) electrons. The third-order valence-corrected chi connectivity index (χ3v) is 0. The molecule has 0 heterocycles. The first-order valence-electron chi connectivity index (χ1n) is 1.12.